The fraction of sp³-hybridized carbons (Fsp3) is 0.300. The van der Waals surface area contributed by atoms with Gasteiger partial charge in [0, 0.05) is 26.6 Å². The normalized spacial score (nSPS) is 19.4. The second-order valence-corrected chi connectivity index (χ2v) is 10.00. The van der Waals surface area contributed by atoms with Crippen LogP contribution in [0.4, 0.5) is 9.18 Å². The highest BCUT2D eigenvalue weighted by molar-refractivity contribution is 5.91. The maximum Gasteiger partial charge on any atom is 0.334 e. The van der Waals surface area contributed by atoms with E-state index >= 15 is 0 Å². The quantitative estimate of drug-likeness (QED) is 0.494. The Labute approximate surface area is 232 Å². The molecule has 0 aliphatic carbocycles. The lowest BCUT2D eigenvalue weighted by molar-refractivity contribution is -0.187. The van der Waals surface area contributed by atoms with Gasteiger partial charge in [-0.25, -0.2) is 19.2 Å². The first-order valence-electron chi connectivity index (χ1n) is 13.1. The monoisotopic (exact) mass is 545 g/mol. The number of amides is 4. The summed E-state index contributed by atoms with van der Waals surface area (Å²) in [4.78, 5) is 44.0. The van der Waals surface area contributed by atoms with Gasteiger partial charge in [-0.05, 0) is 41.0 Å². The highest BCUT2D eigenvalue weighted by Crippen LogP contribution is 2.29. The minimum absolute atomic E-state index is 0.0387. The number of nitrogens with one attached hydrogen (secondary N) is 1. The number of halogens is 1. The number of fused-ring (bicyclic) bond motifs is 1. The lowest BCUT2D eigenvalue weighted by Gasteiger charge is -2.54. The fourth-order valence-corrected chi connectivity index (χ4v) is 5.30. The molecule has 2 atom stereocenters. The van der Waals surface area contributed by atoms with E-state index in [9.17, 15) is 18.8 Å². The van der Waals surface area contributed by atoms with Gasteiger partial charge in [-0.2, -0.15) is 0 Å². The Morgan fingerprint density at radius 2 is 1.62 bits per heavy atom. The number of hydrazine groups is 1. The van der Waals surface area contributed by atoms with Crippen molar-refractivity contribution in [3.63, 3.8) is 0 Å². The van der Waals surface area contributed by atoms with Gasteiger partial charge in [0.1, 0.15) is 23.8 Å². The number of likely N-dealkylation sites (N-methyl/N-ethyl adjacent to an activating group) is 1. The van der Waals surface area contributed by atoms with Crippen molar-refractivity contribution in [3.05, 3.63) is 101 Å². The molecule has 0 bridgehead atoms. The maximum absolute atomic E-state index is 13.8. The van der Waals surface area contributed by atoms with Crippen LogP contribution in [0.25, 0.3) is 0 Å². The summed E-state index contributed by atoms with van der Waals surface area (Å²) in [5.41, 5.74) is 2.55. The van der Waals surface area contributed by atoms with Gasteiger partial charge >= 0.3 is 6.03 Å². The third-order valence-corrected chi connectivity index (χ3v) is 7.31. The molecule has 9 nitrogen and oxygen atoms in total. The van der Waals surface area contributed by atoms with E-state index in [-0.39, 0.29) is 49.8 Å². The Balaban J connectivity index is 1.42. The lowest BCUT2D eigenvalue weighted by atomic mass is 9.98. The van der Waals surface area contributed by atoms with E-state index in [1.54, 1.807) is 41.1 Å². The molecule has 208 valence electrons. The minimum Gasteiger partial charge on any atom is -0.497 e. The Morgan fingerprint density at radius 3 is 2.30 bits per heavy atom. The van der Waals surface area contributed by atoms with E-state index in [1.807, 2.05) is 54.6 Å². The first-order valence-corrected chi connectivity index (χ1v) is 13.1. The van der Waals surface area contributed by atoms with Crippen LogP contribution in [-0.2, 0) is 29.1 Å². The molecule has 3 aromatic rings. The lowest BCUT2D eigenvalue weighted by Crippen LogP contribution is -2.76. The first kappa shape index (κ1) is 27.1. The van der Waals surface area contributed by atoms with Gasteiger partial charge in [-0.3, -0.25) is 9.59 Å². The number of ether oxygens (including phenoxy) is 1. The molecule has 1 unspecified atom stereocenters. The number of carbonyl (C=O) groups is 3. The minimum atomic E-state index is -0.792. The molecule has 1 N–H and O–H groups in total. The van der Waals surface area contributed by atoms with Gasteiger partial charge in [-0.15, -0.1) is 0 Å². The Kier molecular flexibility index (Phi) is 7.97. The number of benzene rings is 3. The number of rotatable bonds is 7. The molecule has 0 aromatic heterocycles. The van der Waals surface area contributed by atoms with E-state index in [2.05, 4.69) is 5.32 Å². The standard InChI is InChI=1S/C30H32FN5O4/c1-33-20-28(37)35-26(16-21-6-4-3-5-7-21)29(38)34(18-23-8-12-24(31)13-9-23)19-27(35)36(33)30(39)32-17-22-10-14-25(40-2)15-11-22/h3-15,26-27H,16-20H2,1-2H3,(H,32,39)/t26-,27?/m0/s1. The van der Waals surface area contributed by atoms with Crippen molar-refractivity contribution in [2.75, 3.05) is 27.2 Å². The van der Waals surface area contributed by atoms with Gasteiger partial charge in [0.15, 0.2) is 0 Å². The van der Waals surface area contributed by atoms with Crippen LogP contribution in [0.15, 0.2) is 78.9 Å². The molecule has 2 aliphatic heterocycles. The molecule has 2 fully saturated rings. The summed E-state index contributed by atoms with van der Waals surface area (Å²) in [6.45, 7) is 0.587. The summed E-state index contributed by atoms with van der Waals surface area (Å²) in [5, 5.41) is 6.07. The molecule has 0 saturated carbocycles. The molecule has 5 rings (SSSR count). The molecule has 2 heterocycles. The maximum atomic E-state index is 13.8. The van der Waals surface area contributed by atoms with Crippen LogP contribution in [0, 0.1) is 5.82 Å². The summed E-state index contributed by atoms with van der Waals surface area (Å²) in [5.74, 6) is -0.0676. The number of hydrogen-bond donors (Lipinski definition) is 1. The van der Waals surface area contributed by atoms with Crippen LogP contribution in [0.1, 0.15) is 16.7 Å². The van der Waals surface area contributed by atoms with Crippen LogP contribution in [0.5, 0.6) is 5.75 Å². The average Bonchev–Trinajstić information content (AvgIpc) is 2.96. The molecule has 40 heavy (non-hydrogen) atoms. The number of urea groups is 1. The van der Waals surface area contributed by atoms with Gasteiger partial charge in [0.05, 0.1) is 20.2 Å². The number of piperazine rings is 1. The van der Waals surface area contributed by atoms with Crippen molar-refractivity contribution in [3.8, 4) is 5.75 Å². The SMILES string of the molecule is COc1ccc(CNC(=O)N2C3CN(Cc4ccc(F)cc4)C(=O)[C@H](Cc4ccccc4)N3C(=O)CN2C)cc1. The predicted molar refractivity (Wildman–Crippen MR) is 146 cm³/mol. The van der Waals surface area contributed by atoms with Gasteiger partial charge in [-0.1, -0.05) is 54.6 Å². The Morgan fingerprint density at radius 1 is 0.950 bits per heavy atom. The number of hydrogen-bond acceptors (Lipinski definition) is 5. The molecule has 2 aliphatic rings. The third-order valence-electron chi connectivity index (χ3n) is 7.31. The third kappa shape index (κ3) is 5.76. The van der Waals surface area contributed by atoms with E-state index < -0.39 is 12.2 Å². The highest BCUT2D eigenvalue weighted by Gasteiger charge is 2.50. The van der Waals surface area contributed by atoms with Gasteiger partial charge in [0.2, 0.25) is 11.8 Å². The van der Waals surface area contributed by atoms with Crippen LogP contribution in [-0.4, -0.2) is 77.1 Å². The zero-order valence-corrected chi connectivity index (χ0v) is 22.5. The Hall–Kier alpha value is -4.44. The zero-order valence-electron chi connectivity index (χ0n) is 22.5. The van der Waals surface area contributed by atoms with Crippen molar-refractivity contribution in [2.45, 2.75) is 31.7 Å². The molecule has 0 spiro atoms. The van der Waals surface area contributed by atoms with Crippen LogP contribution in [0.2, 0.25) is 0 Å². The average molecular weight is 546 g/mol. The highest BCUT2D eigenvalue weighted by atomic mass is 19.1. The van der Waals surface area contributed by atoms with Crippen molar-refractivity contribution < 1.29 is 23.5 Å². The largest absolute Gasteiger partial charge is 0.497 e. The second kappa shape index (κ2) is 11.7. The number of carbonyl (C=O) groups excluding carboxylic acids is 3. The first-order chi connectivity index (χ1) is 19.3. The number of nitrogens with zero attached hydrogens (tertiary/aromatic N) is 4. The summed E-state index contributed by atoms with van der Waals surface area (Å²) in [6, 6.07) is 21.7. The van der Waals surface area contributed by atoms with Crippen molar-refractivity contribution >= 4 is 17.8 Å². The van der Waals surface area contributed by atoms with E-state index in [0.717, 1.165) is 22.4 Å². The van der Waals surface area contributed by atoms with Crippen LogP contribution in [0.3, 0.4) is 0 Å². The Bertz CT molecular complexity index is 1350. The van der Waals surface area contributed by atoms with E-state index in [1.165, 1.54) is 17.1 Å². The van der Waals surface area contributed by atoms with Gasteiger partial charge < -0.3 is 19.9 Å². The molecule has 0 radical (unpaired) electrons. The second-order valence-electron chi connectivity index (χ2n) is 10.00. The number of methoxy groups -OCH3 is 1. The summed E-state index contributed by atoms with van der Waals surface area (Å²) in [7, 11) is 3.28. The van der Waals surface area contributed by atoms with Crippen LogP contribution < -0.4 is 10.1 Å². The topological polar surface area (TPSA) is 85.4 Å². The molecule has 4 amide bonds. The molecule has 10 heteroatoms. The summed E-state index contributed by atoms with van der Waals surface area (Å²) < 4.78 is 18.7. The van der Waals surface area contributed by atoms with Crippen molar-refractivity contribution in [2.24, 2.45) is 0 Å². The molecule has 2 saturated heterocycles. The van der Waals surface area contributed by atoms with E-state index in [4.69, 9.17) is 4.74 Å². The zero-order chi connectivity index (χ0) is 28.2. The predicted octanol–water partition coefficient (Wildman–Crippen LogP) is 3.01. The fourth-order valence-electron chi connectivity index (χ4n) is 5.30. The van der Waals surface area contributed by atoms with E-state index in [0.29, 0.717) is 6.42 Å². The molecule has 3 aromatic carbocycles. The van der Waals surface area contributed by atoms with Crippen molar-refractivity contribution in [1.82, 2.24) is 25.1 Å². The molecular formula is C30H32FN5O4. The summed E-state index contributed by atoms with van der Waals surface area (Å²) >= 11 is 0. The van der Waals surface area contributed by atoms with Crippen molar-refractivity contribution in [1.29, 1.82) is 0 Å². The smallest absolute Gasteiger partial charge is 0.334 e. The molecular weight excluding hydrogens is 513 g/mol. The summed E-state index contributed by atoms with van der Waals surface area (Å²) in [6.07, 6.45) is -0.402. The van der Waals surface area contributed by atoms with Crippen LogP contribution >= 0.6 is 0 Å². The van der Waals surface area contributed by atoms with Gasteiger partial charge in [0.25, 0.3) is 0 Å².